The van der Waals surface area contributed by atoms with Gasteiger partial charge in [0.1, 0.15) is 11.5 Å². The van der Waals surface area contributed by atoms with Crippen LogP contribution in [0.1, 0.15) is 123 Å². The topological polar surface area (TPSA) is 95.7 Å². The van der Waals surface area contributed by atoms with E-state index >= 15 is 0 Å². The number of hydrogen-bond donors (Lipinski definition) is 0. The van der Waals surface area contributed by atoms with Crippen molar-refractivity contribution in [3.05, 3.63) is 106 Å². The Labute approximate surface area is 267 Å². The molecule has 0 saturated carbocycles. The Morgan fingerprint density at radius 1 is 0.689 bits per heavy atom. The molecule has 0 saturated heterocycles. The first kappa shape index (κ1) is 35.2. The van der Waals surface area contributed by atoms with Gasteiger partial charge in [-0.2, -0.15) is 0 Å². The molecule has 0 heterocycles. The molecular weight excluding hydrogens is 566 g/mol. The Hall–Kier alpha value is -4.26. The van der Waals surface area contributed by atoms with E-state index in [1.54, 1.807) is 60.7 Å². The Kier molecular flexibility index (Phi) is 16.2. The van der Waals surface area contributed by atoms with Crippen molar-refractivity contribution in [2.24, 2.45) is 0 Å². The van der Waals surface area contributed by atoms with E-state index in [1.165, 1.54) is 108 Å². The summed E-state index contributed by atoms with van der Waals surface area (Å²) in [4.78, 5) is 35.5. The number of non-ortho nitro benzene ring substituents is 1. The van der Waals surface area contributed by atoms with Crippen LogP contribution in [0.25, 0.3) is 6.08 Å². The number of benzene rings is 3. The van der Waals surface area contributed by atoms with E-state index in [9.17, 15) is 19.7 Å². The van der Waals surface area contributed by atoms with Gasteiger partial charge < -0.3 is 9.47 Å². The van der Waals surface area contributed by atoms with Crippen LogP contribution in [0.2, 0.25) is 0 Å². The third-order valence-corrected chi connectivity index (χ3v) is 7.71. The van der Waals surface area contributed by atoms with Crippen molar-refractivity contribution in [1.29, 1.82) is 0 Å². The van der Waals surface area contributed by atoms with Gasteiger partial charge in [0.2, 0.25) is 0 Å². The monoisotopic (exact) mass is 613 g/mol. The van der Waals surface area contributed by atoms with Crippen molar-refractivity contribution in [2.45, 2.75) is 96.8 Å². The van der Waals surface area contributed by atoms with Crippen LogP contribution in [0.4, 0.5) is 5.69 Å². The number of esters is 1. The fourth-order valence-corrected chi connectivity index (χ4v) is 5.04. The molecule has 0 amide bonds. The number of nitro groups is 1. The van der Waals surface area contributed by atoms with Gasteiger partial charge >= 0.3 is 5.97 Å². The van der Waals surface area contributed by atoms with Gasteiger partial charge in [-0.3, -0.25) is 14.9 Å². The summed E-state index contributed by atoms with van der Waals surface area (Å²) < 4.78 is 11.3. The molecule has 0 N–H and O–H groups in total. The molecule has 0 aliphatic carbocycles. The number of unbranched alkanes of at least 4 members (excludes halogenated alkanes) is 13. The van der Waals surface area contributed by atoms with Crippen molar-refractivity contribution in [2.75, 3.05) is 6.61 Å². The maximum atomic E-state index is 12.6. The smallest absolute Gasteiger partial charge is 0.343 e. The average molecular weight is 614 g/mol. The summed E-state index contributed by atoms with van der Waals surface area (Å²) in [7, 11) is 0. The summed E-state index contributed by atoms with van der Waals surface area (Å²) in [6.45, 7) is 2.93. The second-order valence-electron chi connectivity index (χ2n) is 11.4. The molecule has 45 heavy (non-hydrogen) atoms. The van der Waals surface area contributed by atoms with Gasteiger partial charge in [0, 0.05) is 17.7 Å². The highest BCUT2D eigenvalue weighted by atomic mass is 16.6. The quantitative estimate of drug-likeness (QED) is 0.0213. The zero-order valence-corrected chi connectivity index (χ0v) is 26.6. The number of nitro benzene ring substituents is 1. The molecule has 0 aromatic heterocycles. The Bertz CT molecular complexity index is 1350. The van der Waals surface area contributed by atoms with E-state index < -0.39 is 10.9 Å². The lowest BCUT2D eigenvalue weighted by atomic mass is 10.0. The summed E-state index contributed by atoms with van der Waals surface area (Å²) in [6, 6.07) is 19.2. The van der Waals surface area contributed by atoms with Gasteiger partial charge in [0.25, 0.3) is 5.69 Å². The predicted molar refractivity (Wildman–Crippen MR) is 180 cm³/mol. The van der Waals surface area contributed by atoms with Crippen LogP contribution in [0.15, 0.2) is 78.9 Å². The predicted octanol–water partition coefficient (Wildman–Crippen LogP) is 10.6. The Morgan fingerprint density at radius 2 is 1.22 bits per heavy atom. The minimum absolute atomic E-state index is 0.0434. The minimum atomic E-state index is -0.502. The molecular formula is C38H47NO6. The third-order valence-electron chi connectivity index (χ3n) is 7.71. The third kappa shape index (κ3) is 13.9. The number of rotatable bonds is 22. The van der Waals surface area contributed by atoms with Crippen LogP contribution in [-0.2, 0) is 0 Å². The average Bonchev–Trinajstić information content (AvgIpc) is 3.06. The zero-order valence-electron chi connectivity index (χ0n) is 26.6. The highest BCUT2D eigenvalue weighted by Gasteiger charge is 2.10. The summed E-state index contributed by atoms with van der Waals surface area (Å²) in [6.07, 6.45) is 21.4. The number of carbonyl (C=O) groups excluding carboxylic acids is 2. The normalized spacial score (nSPS) is 11.0. The largest absolute Gasteiger partial charge is 0.494 e. The minimum Gasteiger partial charge on any atom is -0.494 e. The number of ketones is 1. The molecule has 0 aliphatic rings. The molecule has 3 aromatic rings. The van der Waals surface area contributed by atoms with Gasteiger partial charge in [-0.25, -0.2) is 4.79 Å². The first-order valence-corrected chi connectivity index (χ1v) is 16.5. The first-order valence-electron chi connectivity index (χ1n) is 16.5. The Balaban J connectivity index is 1.28. The molecule has 7 nitrogen and oxygen atoms in total. The van der Waals surface area contributed by atoms with Crippen LogP contribution in [0.5, 0.6) is 11.5 Å². The molecule has 3 aromatic carbocycles. The van der Waals surface area contributed by atoms with Crippen molar-refractivity contribution in [3.63, 3.8) is 0 Å². The molecule has 3 rings (SSSR count). The number of hydrogen-bond acceptors (Lipinski definition) is 6. The summed E-state index contributed by atoms with van der Waals surface area (Å²) >= 11 is 0. The molecule has 0 aliphatic heterocycles. The first-order chi connectivity index (χ1) is 22.0. The molecule has 0 fully saturated rings. The van der Waals surface area contributed by atoms with Gasteiger partial charge in [0.05, 0.1) is 17.1 Å². The van der Waals surface area contributed by atoms with Gasteiger partial charge in [-0.1, -0.05) is 109 Å². The van der Waals surface area contributed by atoms with Crippen LogP contribution in [0.3, 0.4) is 0 Å². The fraction of sp³-hybridized carbons (Fsp3) is 0.421. The fourth-order valence-electron chi connectivity index (χ4n) is 5.04. The van der Waals surface area contributed by atoms with E-state index in [0.717, 1.165) is 12.2 Å². The van der Waals surface area contributed by atoms with Crippen LogP contribution in [0, 0.1) is 10.1 Å². The zero-order chi connectivity index (χ0) is 32.1. The molecule has 0 atom stereocenters. The van der Waals surface area contributed by atoms with E-state index in [0.29, 0.717) is 29.0 Å². The van der Waals surface area contributed by atoms with E-state index in [1.807, 2.05) is 0 Å². The lowest BCUT2D eigenvalue weighted by Gasteiger charge is -2.08. The summed E-state index contributed by atoms with van der Waals surface area (Å²) in [5, 5.41) is 10.9. The van der Waals surface area contributed by atoms with Crippen LogP contribution in [-0.4, -0.2) is 23.3 Å². The van der Waals surface area contributed by atoms with E-state index in [-0.39, 0.29) is 11.5 Å². The SMILES string of the molecule is CCCCCCCCCCCCCCCCOc1ccc(C(=O)Oc2ccc(C(=O)/C=C/c3cccc([N+](=O)[O-])c3)cc2)cc1. The van der Waals surface area contributed by atoms with Gasteiger partial charge in [-0.05, 0) is 66.6 Å². The number of allylic oxidation sites excluding steroid dienone is 1. The summed E-state index contributed by atoms with van der Waals surface area (Å²) in [5.41, 5.74) is 1.31. The van der Waals surface area contributed by atoms with Crippen molar-refractivity contribution in [3.8, 4) is 11.5 Å². The molecule has 240 valence electrons. The molecule has 0 unspecified atom stereocenters. The second kappa shape index (κ2) is 20.7. The van der Waals surface area contributed by atoms with Crippen LogP contribution >= 0.6 is 0 Å². The van der Waals surface area contributed by atoms with Crippen molar-refractivity contribution in [1.82, 2.24) is 0 Å². The maximum Gasteiger partial charge on any atom is 0.343 e. The van der Waals surface area contributed by atoms with Crippen molar-refractivity contribution < 1.29 is 24.0 Å². The van der Waals surface area contributed by atoms with Crippen molar-refractivity contribution >= 4 is 23.5 Å². The summed E-state index contributed by atoms with van der Waals surface area (Å²) in [5.74, 6) is 0.266. The molecule has 0 spiro atoms. The highest BCUT2D eigenvalue weighted by Crippen LogP contribution is 2.19. The molecule has 0 bridgehead atoms. The van der Waals surface area contributed by atoms with E-state index in [2.05, 4.69) is 6.92 Å². The van der Waals surface area contributed by atoms with Crippen LogP contribution < -0.4 is 9.47 Å². The Morgan fingerprint density at radius 3 is 1.80 bits per heavy atom. The number of carbonyl (C=O) groups is 2. The lowest BCUT2D eigenvalue weighted by molar-refractivity contribution is -0.384. The molecule has 7 heteroatoms. The second-order valence-corrected chi connectivity index (χ2v) is 11.4. The maximum absolute atomic E-state index is 12.6. The van der Waals surface area contributed by atoms with Gasteiger partial charge in [0.15, 0.2) is 5.78 Å². The number of ether oxygens (including phenoxy) is 2. The van der Waals surface area contributed by atoms with E-state index in [4.69, 9.17) is 9.47 Å². The standard InChI is InChI=1S/C38H47NO6/c1-2-3-4-5-6-7-8-9-10-11-12-13-14-15-29-44-35-24-22-33(23-25-35)38(41)45-36-26-20-32(21-27-36)37(40)28-19-31-17-16-18-34(30-31)39(42)43/h16-28,30H,2-15,29H2,1H3/b28-19+. The molecule has 0 radical (unpaired) electrons. The highest BCUT2D eigenvalue weighted by molar-refractivity contribution is 6.07. The van der Waals surface area contributed by atoms with Gasteiger partial charge in [-0.15, -0.1) is 0 Å². The lowest BCUT2D eigenvalue weighted by Crippen LogP contribution is -2.08. The number of nitrogens with zero attached hydrogens (tertiary/aromatic N) is 1.